The molecule has 2 aromatic rings. The first-order valence-corrected chi connectivity index (χ1v) is 6.20. The largest absolute Gasteiger partial charge is 0.451 e. The van der Waals surface area contributed by atoms with E-state index in [-0.39, 0.29) is 24.0 Å². The minimum Gasteiger partial charge on any atom is -0.451 e. The summed E-state index contributed by atoms with van der Waals surface area (Å²) in [5.74, 6) is -0.488. The predicted octanol–water partition coefficient (Wildman–Crippen LogP) is 3.13. The van der Waals surface area contributed by atoms with E-state index in [4.69, 9.17) is 10.5 Å². The molecule has 106 valence electrons. The number of hydrogen-bond donors (Lipinski definition) is 1. The highest BCUT2D eigenvalue weighted by molar-refractivity contribution is 5.34. The van der Waals surface area contributed by atoms with Crippen molar-refractivity contribution >= 4 is 0 Å². The maximum absolute atomic E-state index is 13.5. The van der Waals surface area contributed by atoms with Crippen LogP contribution in [0.15, 0.2) is 24.4 Å². The summed E-state index contributed by atoms with van der Waals surface area (Å²) >= 11 is 0. The molecule has 0 aliphatic carbocycles. The lowest BCUT2D eigenvalue weighted by atomic mass is 10.2. The van der Waals surface area contributed by atoms with Crippen LogP contribution in [-0.2, 0) is 6.54 Å². The molecule has 2 rings (SSSR count). The summed E-state index contributed by atoms with van der Waals surface area (Å²) < 4.78 is 32.0. The van der Waals surface area contributed by atoms with Gasteiger partial charge in [-0.15, -0.1) is 0 Å². The number of nitrogens with two attached hydrogens (primary N) is 1. The van der Waals surface area contributed by atoms with Gasteiger partial charge in [0.05, 0.1) is 6.20 Å². The molecular formula is C14H15F2N3O. The molecular weight excluding hydrogens is 264 g/mol. The zero-order chi connectivity index (χ0) is 14.7. The summed E-state index contributed by atoms with van der Waals surface area (Å²) in [7, 11) is 0. The van der Waals surface area contributed by atoms with E-state index in [1.54, 1.807) is 0 Å². The van der Waals surface area contributed by atoms with Crippen LogP contribution in [-0.4, -0.2) is 9.97 Å². The highest BCUT2D eigenvalue weighted by Crippen LogP contribution is 2.27. The molecule has 4 nitrogen and oxygen atoms in total. The van der Waals surface area contributed by atoms with Crippen molar-refractivity contribution in [2.75, 3.05) is 0 Å². The lowest BCUT2D eigenvalue weighted by molar-refractivity contribution is 0.426. The lowest BCUT2D eigenvalue weighted by Crippen LogP contribution is -2.08. The van der Waals surface area contributed by atoms with Crippen molar-refractivity contribution in [3.05, 3.63) is 47.5 Å². The normalized spacial score (nSPS) is 10.9. The summed E-state index contributed by atoms with van der Waals surface area (Å²) in [5, 5.41) is 0. The molecule has 20 heavy (non-hydrogen) atoms. The molecule has 6 heteroatoms. The molecule has 0 saturated heterocycles. The van der Waals surface area contributed by atoms with Crippen LogP contribution in [0.3, 0.4) is 0 Å². The standard InChI is InChI=1S/C14H15F2N3O/c1-8(2)14-18-7-13(11(6-17)19-14)20-12-5-9(15)3-4-10(12)16/h3-5,7-8H,6,17H2,1-2H3. The quantitative estimate of drug-likeness (QED) is 0.934. The third-order valence-electron chi connectivity index (χ3n) is 2.67. The van der Waals surface area contributed by atoms with Gasteiger partial charge < -0.3 is 10.5 Å². The lowest BCUT2D eigenvalue weighted by Gasteiger charge is -2.12. The predicted molar refractivity (Wildman–Crippen MR) is 70.4 cm³/mol. The summed E-state index contributed by atoms with van der Waals surface area (Å²) in [4.78, 5) is 8.39. The van der Waals surface area contributed by atoms with Crippen molar-refractivity contribution in [1.29, 1.82) is 0 Å². The Morgan fingerprint density at radius 2 is 2.00 bits per heavy atom. The molecule has 0 bridgehead atoms. The van der Waals surface area contributed by atoms with Gasteiger partial charge in [-0.05, 0) is 12.1 Å². The molecule has 0 saturated carbocycles. The molecule has 0 spiro atoms. The van der Waals surface area contributed by atoms with Crippen LogP contribution in [0.2, 0.25) is 0 Å². The Bertz CT molecular complexity index is 617. The Balaban J connectivity index is 2.35. The Morgan fingerprint density at radius 1 is 1.25 bits per heavy atom. The van der Waals surface area contributed by atoms with E-state index in [9.17, 15) is 8.78 Å². The van der Waals surface area contributed by atoms with Crippen LogP contribution in [0.1, 0.15) is 31.3 Å². The Hall–Kier alpha value is -2.08. The van der Waals surface area contributed by atoms with Crippen LogP contribution in [0.25, 0.3) is 0 Å². The monoisotopic (exact) mass is 279 g/mol. The fraction of sp³-hybridized carbons (Fsp3) is 0.286. The number of ether oxygens (including phenoxy) is 1. The van der Waals surface area contributed by atoms with Crippen LogP contribution < -0.4 is 10.5 Å². The zero-order valence-electron chi connectivity index (χ0n) is 11.2. The maximum Gasteiger partial charge on any atom is 0.168 e. The van der Waals surface area contributed by atoms with Gasteiger partial charge in [-0.25, -0.2) is 18.7 Å². The van der Waals surface area contributed by atoms with Gasteiger partial charge in [0, 0.05) is 18.5 Å². The summed E-state index contributed by atoms with van der Waals surface area (Å²) in [6, 6.07) is 2.98. The molecule has 0 radical (unpaired) electrons. The van der Waals surface area contributed by atoms with E-state index in [0.29, 0.717) is 11.5 Å². The van der Waals surface area contributed by atoms with E-state index in [0.717, 1.165) is 18.2 Å². The first-order chi connectivity index (χ1) is 9.51. The molecule has 1 aromatic carbocycles. The second-order valence-electron chi connectivity index (χ2n) is 4.57. The van der Waals surface area contributed by atoms with Gasteiger partial charge >= 0.3 is 0 Å². The number of nitrogens with zero attached hydrogens (tertiary/aromatic N) is 2. The van der Waals surface area contributed by atoms with Crippen molar-refractivity contribution in [1.82, 2.24) is 9.97 Å². The van der Waals surface area contributed by atoms with Gasteiger partial charge in [-0.3, -0.25) is 0 Å². The summed E-state index contributed by atoms with van der Waals surface area (Å²) in [6.45, 7) is 4.01. The maximum atomic E-state index is 13.5. The van der Waals surface area contributed by atoms with Gasteiger partial charge in [-0.2, -0.15) is 0 Å². The topological polar surface area (TPSA) is 61.0 Å². The number of hydrogen-bond acceptors (Lipinski definition) is 4. The Morgan fingerprint density at radius 3 is 2.65 bits per heavy atom. The van der Waals surface area contributed by atoms with E-state index in [1.165, 1.54) is 6.20 Å². The minimum absolute atomic E-state index is 0.120. The molecule has 0 aliphatic heterocycles. The number of rotatable bonds is 4. The van der Waals surface area contributed by atoms with Gasteiger partial charge in [-0.1, -0.05) is 13.8 Å². The SMILES string of the molecule is CC(C)c1ncc(Oc2cc(F)ccc2F)c(CN)n1. The molecule has 0 amide bonds. The highest BCUT2D eigenvalue weighted by atomic mass is 19.1. The number of halogens is 2. The molecule has 1 heterocycles. The second-order valence-corrected chi connectivity index (χ2v) is 4.57. The summed E-state index contributed by atoms with van der Waals surface area (Å²) in [5.41, 5.74) is 6.05. The van der Waals surface area contributed by atoms with Crippen molar-refractivity contribution in [3.63, 3.8) is 0 Å². The van der Waals surface area contributed by atoms with Gasteiger partial charge in [0.25, 0.3) is 0 Å². The van der Waals surface area contributed by atoms with Crippen molar-refractivity contribution < 1.29 is 13.5 Å². The summed E-state index contributed by atoms with van der Waals surface area (Å²) in [6.07, 6.45) is 1.43. The molecule has 0 aliphatic rings. The fourth-order valence-electron chi connectivity index (χ4n) is 1.61. The highest BCUT2D eigenvalue weighted by Gasteiger charge is 2.13. The average molecular weight is 279 g/mol. The van der Waals surface area contributed by atoms with Gasteiger partial charge in [0.2, 0.25) is 0 Å². The number of benzene rings is 1. The average Bonchev–Trinajstić information content (AvgIpc) is 2.43. The van der Waals surface area contributed by atoms with E-state index < -0.39 is 11.6 Å². The molecule has 0 fully saturated rings. The third-order valence-corrected chi connectivity index (χ3v) is 2.67. The smallest absolute Gasteiger partial charge is 0.168 e. The molecule has 0 unspecified atom stereocenters. The van der Waals surface area contributed by atoms with Crippen molar-refractivity contribution in [2.24, 2.45) is 5.73 Å². The van der Waals surface area contributed by atoms with Crippen LogP contribution >= 0.6 is 0 Å². The number of aromatic nitrogens is 2. The van der Waals surface area contributed by atoms with Gasteiger partial charge in [0.15, 0.2) is 17.3 Å². The first-order valence-electron chi connectivity index (χ1n) is 6.20. The third kappa shape index (κ3) is 3.08. The first kappa shape index (κ1) is 14.3. The molecule has 2 N–H and O–H groups in total. The molecule has 1 aromatic heterocycles. The Kier molecular flexibility index (Phi) is 4.24. The second kappa shape index (κ2) is 5.92. The van der Waals surface area contributed by atoms with Crippen molar-refractivity contribution in [3.8, 4) is 11.5 Å². The van der Waals surface area contributed by atoms with E-state index >= 15 is 0 Å². The minimum atomic E-state index is -0.665. The van der Waals surface area contributed by atoms with Crippen molar-refractivity contribution in [2.45, 2.75) is 26.3 Å². The zero-order valence-corrected chi connectivity index (χ0v) is 11.2. The van der Waals surface area contributed by atoms with E-state index in [2.05, 4.69) is 9.97 Å². The Labute approximate surface area is 115 Å². The van der Waals surface area contributed by atoms with Crippen LogP contribution in [0.4, 0.5) is 8.78 Å². The van der Waals surface area contributed by atoms with Crippen LogP contribution in [0.5, 0.6) is 11.5 Å². The van der Waals surface area contributed by atoms with Gasteiger partial charge in [0.1, 0.15) is 17.3 Å². The fourth-order valence-corrected chi connectivity index (χ4v) is 1.61. The van der Waals surface area contributed by atoms with E-state index in [1.807, 2.05) is 13.8 Å². The van der Waals surface area contributed by atoms with Crippen LogP contribution in [0, 0.1) is 11.6 Å². The molecule has 0 atom stereocenters.